The summed E-state index contributed by atoms with van der Waals surface area (Å²) < 4.78 is 10.4. The summed E-state index contributed by atoms with van der Waals surface area (Å²) in [5, 5.41) is 11.4. The second kappa shape index (κ2) is 4.95. The average Bonchev–Trinajstić information content (AvgIpc) is 2.74. The van der Waals surface area contributed by atoms with Crippen LogP contribution in [0.25, 0.3) is 0 Å². The van der Waals surface area contributed by atoms with Crippen LogP contribution in [0.15, 0.2) is 18.2 Å². The number of carboxylic acid groups (broad SMARTS) is 1. The van der Waals surface area contributed by atoms with Crippen molar-refractivity contribution in [1.29, 1.82) is 0 Å². The Morgan fingerprint density at radius 1 is 1.39 bits per heavy atom. The lowest BCUT2D eigenvalue weighted by atomic mass is 10.1. The van der Waals surface area contributed by atoms with Gasteiger partial charge >= 0.3 is 5.97 Å². The van der Waals surface area contributed by atoms with Crippen LogP contribution in [0, 0.1) is 0 Å². The van der Waals surface area contributed by atoms with Gasteiger partial charge in [-0.05, 0) is 17.7 Å². The van der Waals surface area contributed by atoms with E-state index in [9.17, 15) is 9.59 Å². The number of benzene rings is 1. The van der Waals surface area contributed by atoms with E-state index in [0.717, 1.165) is 5.56 Å². The zero-order valence-corrected chi connectivity index (χ0v) is 9.80. The Morgan fingerprint density at radius 3 is 2.78 bits per heavy atom. The molecule has 0 saturated heterocycles. The summed E-state index contributed by atoms with van der Waals surface area (Å²) in [6.07, 6.45) is 0.200. The van der Waals surface area contributed by atoms with Crippen molar-refractivity contribution in [1.82, 2.24) is 5.32 Å². The molecule has 96 valence electrons. The van der Waals surface area contributed by atoms with E-state index in [1.807, 2.05) is 0 Å². The maximum Gasteiger partial charge on any atom is 0.326 e. The number of rotatable bonds is 4. The number of fused-ring (bicyclic) bond motifs is 1. The Labute approximate surface area is 104 Å². The number of aliphatic carboxylic acids is 1. The summed E-state index contributed by atoms with van der Waals surface area (Å²) in [7, 11) is 0. The van der Waals surface area contributed by atoms with Crippen LogP contribution in [0.4, 0.5) is 0 Å². The Kier molecular flexibility index (Phi) is 3.36. The van der Waals surface area contributed by atoms with Crippen molar-refractivity contribution in [2.24, 2.45) is 0 Å². The summed E-state index contributed by atoms with van der Waals surface area (Å²) in [5.74, 6) is -0.198. The predicted molar refractivity (Wildman–Crippen MR) is 61.5 cm³/mol. The van der Waals surface area contributed by atoms with E-state index in [1.165, 1.54) is 6.92 Å². The lowest BCUT2D eigenvalue weighted by molar-refractivity contribution is -0.141. The van der Waals surface area contributed by atoms with Crippen LogP contribution >= 0.6 is 0 Å². The molecule has 1 heterocycles. The molecule has 0 saturated carbocycles. The highest BCUT2D eigenvalue weighted by Gasteiger charge is 2.20. The van der Waals surface area contributed by atoms with E-state index in [-0.39, 0.29) is 19.1 Å². The first-order chi connectivity index (χ1) is 8.56. The maximum atomic E-state index is 11.0. The maximum absolute atomic E-state index is 11.0. The number of ether oxygens (including phenoxy) is 2. The van der Waals surface area contributed by atoms with Gasteiger partial charge in [0, 0.05) is 13.3 Å². The van der Waals surface area contributed by atoms with Crippen LogP contribution in [0.3, 0.4) is 0 Å². The highest BCUT2D eigenvalue weighted by molar-refractivity contribution is 5.82. The van der Waals surface area contributed by atoms with Gasteiger partial charge in [-0.3, -0.25) is 4.79 Å². The zero-order chi connectivity index (χ0) is 13.1. The Hall–Kier alpha value is -2.24. The van der Waals surface area contributed by atoms with Gasteiger partial charge in [0.15, 0.2) is 11.5 Å². The van der Waals surface area contributed by atoms with Gasteiger partial charge in [0.25, 0.3) is 0 Å². The van der Waals surface area contributed by atoms with Crippen LogP contribution in [0.2, 0.25) is 0 Å². The fraction of sp³-hybridized carbons (Fsp3) is 0.333. The molecule has 0 fully saturated rings. The fourth-order valence-corrected chi connectivity index (χ4v) is 1.75. The normalized spacial score (nSPS) is 14.1. The van der Waals surface area contributed by atoms with Crippen LogP contribution < -0.4 is 14.8 Å². The second-order valence-corrected chi connectivity index (χ2v) is 3.98. The van der Waals surface area contributed by atoms with Crippen molar-refractivity contribution in [3.63, 3.8) is 0 Å². The molecular weight excluding hydrogens is 238 g/mol. The van der Waals surface area contributed by atoms with Crippen molar-refractivity contribution < 1.29 is 24.2 Å². The lowest BCUT2D eigenvalue weighted by Crippen LogP contribution is -2.41. The highest BCUT2D eigenvalue weighted by Crippen LogP contribution is 2.32. The van der Waals surface area contributed by atoms with Crippen LogP contribution in [-0.4, -0.2) is 29.8 Å². The quantitative estimate of drug-likeness (QED) is 0.816. The van der Waals surface area contributed by atoms with Crippen molar-refractivity contribution in [2.45, 2.75) is 19.4 Å². The van der Waals surface area contributed by atoms with Gasteiger partial charge < -0.3 is 19.9 Å². The zero-order valence-electron chi connectivity index (χ0n) is 9.80. The van der Waals surface area contributed by atoms with Crippen LogP contribution in [0.1, 0.15) is 12.5 Å². The minimum Gasteiger partial charge on any atom is -0.480 e. The minimum absolute atomic E-state index is 0.173. The lowest BCUT2D eigenvalue weighted by Gasteiger charge is -2.13. The Morgan fingerprint density at radius 2 is 2.11 bits per heavy atom. The van der Waals surface area contributed by atoms with Crippen LogP contribution in [0.5, 0.6) is 11.5 Å². The molecule has 1 amide bonds. The van der Waals surface area contributed by atoms with Gasteiger partial charge in [0.1, 0.15) is 6.04 Å². The summed E-state index contributed by atoms with van der Waals surface area (Å²) in [4.78, 5) is 21.9. The van der Waals surface area contributed by atoms with Crippen molar-refractivity contribution in [2.75, 3.05) is 6.79 Å². The van der Waals surface area contributed by atoms with E-state index in [2.05, 4.69) is 5.32 Å². The monoisotopic (exact) mass is 251 g/mol. The number of carboxylic acids is 1. The van der Waals surface area contributed by atoms with Crippen molar-refractivity contribution >= 4 is 11.9 Å². The summed E-state index contributed by atoms with van der Waals surface area (Å²) in [6.45, 7) is 1.46. The first-order valence-corrected chi connectivity index (χ1v) is 5.44. The van der Waals surface area contributed by atoms with Crippen molar-refractivity contribution in [3.8, 4) is 11.5 Å². The van der Waals surface area contributed by atoms with Crippen molar-refractivity contribution in [3.05, 3.63) is 23.8 Å². The smallest absolute Gasteiger partial charge is 0.326 e. The molecule has 0 bridgehead atoms. The largest absolute Gasteiger partial charge is 0.480 e. The second-order valence-electron chi connectivity index (χ2n) is 3.98. The third-order valence-corrected chi connectivity index (χ3v) is 2.55. The third-order valence-electron chi connectivity index (χ3n) is 2.55. The van der Waals surface area contributed by atoms with E-state index in [4.69, 9.17) is 14.6 Å². The number of hydrogen-bond donors (Lipinski definition) is 2. The summed E-state index contributed by atoms with van der Waals surface area (Å²) in [6, 6.07) is 4.26. The van der Waals surface area contributed by atoms with Gasteiger partial charge in [-0.15, -0.1) is 0 Å². The molecule has 18 heavy (non-hydrogen) atoms. The topological polar surface area (TPSA) is 84.9 Å². The Bertz CT molecular complexity index is 485. The van der Waals surface area contributed by atoms with Gasteiger partial charge in [-0.25, -0.2) is 4.79 Å². The molecule has 1 aliphatic heterocycles. The van der Waals surface area contributed by atoms with Crippen LogP contribution in [-0.2, 0) is 16.0 Å². The first-order valence-electron chi connectivity index (χ1n) is 5.44. The molecule has 0 aliphatic carbocycles. The van der Waals surface area contributed by atoms with Gasteiger partial charge in [0.2, 0.25) is 12.7 Å². The number of carbonyl (C=O) groups excluding carboxylic acids is 1. The van der Waals surface area contributed by atoms with E-state index in [1.54, 1.807) is 18.2 Å². The van der Waals surface area contributed by atoms with Gasteiger partial charge in [-0.1, -0.05) is 6.07 Å². The highest BCUT2D eigenvalue weighted by atomic mass is 16.7. The first kappa shape index (κ1) is 12.2. The molecule has 1 aliphatic rings. The molecule has 2 N–H and O–H groups in total. The molecule has 0 unspecified atom stereocenters. The number of carbonyl (C=O) groups is 2. The molecular formula is C12H13NO5. The molecule has 1 aromatic rings. The molecule has 1 atom stereocenters. The van der Waals surface area contributed by atoms with Gasteiger partial charge in [-0.2, -0.15) is 0 Å². The SMILES string of the molecule is CC(=O)N[C@H](Cc1ccc2c(c1)OCO2)C(=O)O. The Balaban J connectivity index is 2.11. The molecule has 2 rings (SSSR count). The molecule has 6 nitrogen and oxygen atoms in total. The van der Waals surface area contributed by atoms with E-state index in [0.29, 0.717) is 11.5 Å². The molecule has 0 aromatic heterocycles. The minimum atomic E-state index is -1.07. The number of nitrogens with one attached hydrogen (secondary N) is 1. The predicted octanol–water partition coefficient (Wildman–Crippen LogP) is 0.547. The molecule has 0 radical (unpaired) electrons. The summed E-state index contributed by atoms with van der Waals surface area (Å²) >= 11 is 0. The summed E-state index contributed by atoms with van der Waals surface area (Å²) in [5.41, 5.74) is 0.764. The molecule has 1 aromatic carbocycles. The molecule has 0 spiro atoms. The number of amides is 1. The van der Waals surface area contributed by atoms with E-state index < -0.39 is 12.0 Å². The fourth-order valence-electron chi connectivity index (χ4n) is 1.75. The van der Waals surface area contributed by atoms with E-state index >= 15 is 0 Å². The van der Waals surface area contributed by atoms with Gasteiger partial charge in [0.05, 0.1) is 0 Å². The number of hydrogen-bond acceptors (Lipinski definition) is 4. The standard InChI is InChI=1S/C12H13NO5/c1-7(14)13-9(12(15)16)4-8-2-3-10-11(5-8)18-6-17-10/h2-3,5,9H,4,6H2,1H3,(H,13,14)(H,15,16)/t9-/m1/s1. The average molecular weight is 251 g/mol. The third kappa shape index (κ3) is 2.71. The molecule has 6 heteroatoms.